The lowest BCUT2D eigenvalue weighted by atomic mass is 9.87. The number of amides is 1. The lowest BCUT2D eigenvalue weighted by Gasteiger charge is -2.36. The average Bonchev–Trinajstić information content (AvgIpc) is 2.95. The molecule has 2 aliphatic carbocycles. The lowest BCUT2D eigenvalue weighted by molar-refractivity contribution is -0.146. The van der Waals surface area contributed by atoms with Gasteiger partial charge in [-0.1, -0.05) is 25.7 Å². The van der Waals surface area contributed by atoms with Crippen molar-refractivity contribution in [1.82, 2.24) is 5.32 Å². The number of carboxylic acids is 1. The molecule has 0 saturated heterocycles. The van der Waals surface area contributed by atoms with Crippen LogP contribution >= 0.6 is 11.8 Å². The standard InChI is InChI=1S/C15H25NO3S/c1-20-15(8-3-2-4-9-15)10-16-13(17)11-6-5-7-12(11)14(18)19/h11-12H,2-10H2,1H3,(H,16,17)(H,18,19)/t11-,12+/m1/s1. The Bertz CT molecular complexity index is 366. The quantitative estimate of drug-likeness (QED) is 0.819. The highest BCUT2D eigenvalue weighted by atomic mass is 32.2. The second-order valence-corrected chi connectivity index (χ2v) is 7.42. The van der Waals surface area contributed by atoms with Crippen molar-refractivity contribution in [3.8, 4) is 0 Å². The summed E-state index contributed by atoms with van der Waals surface area (Å²) in [6.45, 7) is 0.690. The third kappa shape index (κ3) is 3.48. The SMILES string of the molecule is CSC1(CNC(=O)[C@@H]2CCC[C@@H]2C(=O)O)CCCCC1. The summed E-state index contributed by atoms with van der Waals surface area (Å²) >= 11 is 1.85. The first kappa shape index (κ1) is 15.7. The van der Waals surface area contributed by atoms with Crippen molar-refractivity contribution < 1.29 is 14.7 Å². The number of carboxylic acid groups (broad SMARTS) is 1. The van der Waals surface area contributed by atoms with Gasteiger partial charge in [-0.3, -0.25) is 9.59 Å². The van der Waals surface area contributed by atoms with Crippen molar-refractivity contribution in [2.24, 2.45) is 11.8 Å². The van der Waals surface area contributed by atoms with E-state index in [0.717, 1.165) is 25.7 Å². The Balaban J connectivity index is 1.89. The topological polar surface area (TPSA) is 66.4 Å². The zero-order valence-corrected chi connectivity index (χ0v) is 13.0. The van der Waals surface area contributed by atoms with E-state index in [2.05, 4.69) is 11.6 Å². The third-order valence-corrected chi connectivity index (χ3v) is 6.37. The molecule has 0 aromatic heterocycles. The molecule has 0 radical (unpaired) electrons. The minimum absolute atomic E-state index is 0.0473. The lowest BCUT2D eigenvalue weighted by Crippen LogP contribution is -2.44. The summed E-state index contributed by atoms with van der Waals surface area (Å²) in [5.74, 6) is -1.67. The number of rotatable bonds is 5. The van der Waals surface area contributed by atoms with Crippen LogP contribution in [0.25, 0.3) is 0 Å². The molecular formula is C15H25NO3S. The monoisotopic (exact) mass is 299 g/mol. The Kier molecular flexibility index (Phi) is 5.35. The normalized spacial score (nSPS) is 29.1. The van der Waals surface area contributed by atoms with E-state index in [9.17, 15) is 9.59 Å². The maximum atomic E-state index is 12.3. The molecule has 2 atom stereocenters. The van der Waals surface area contributed by atoms with Gasteiger partial charge in [0.05, 0.1) is 11.8 Å². The van der Waals surface area contributed by atoms with Crippen molar-refractivity contribution >= 4 is 23.6 Å². The Morgan fingerprint density at radius 1 is 1.15 bits per heavy atom. The fourth-order valence-corrected chi connectivity index (χ4v) is 4.51. The summed E-state index contributed by atoms with van der Waals surface area (Å²) in [5.41, 5.74) is 0. The Morgan fingerprint density at radius 2 is 1.80 bits per heavy atom. The largest absolute Gasteiger partial charge is 0.481 e. The van der Waals surface area contributed by atoms with E-state index < -0.39 is 11.9 Å². The molecule has 5 heteroatoms. The Labute approximate surface area is 125 Å². The molecule has 1 amide bonds. The van der Waals surface area contributed by atoms with Crippen LogP contribution in [0.2, 0.25) is 0 Å². The molecular weight excluding hydrogens is 274 g/mol. The third-order valence-electron chi connectivity index (χ3n) is 4.95. The maximum Gasteiger partial charge on any atom is 0.307 e. The second-order valence-electron chi connectivity index (χ2n) is 6.15. The van der Waals surface area contributed by atoms with Gasteiger partial charge < -0.3 is 10.4 Å². The van der Waals surface area contributed by atoms with E-state index >= 15 is 0 Å². The van der Waals surface area contributed by atoms with Gasteiger partial charge in [0.15, 0.2) is 0 Å². The van der Waals surface area contributed by atoms with Crippen LogP contribution in [0.3, 0.4) is 0 Å². The second kappa shape index (κ2) is 6.83. The fourth-order valence-electron chi connectivity index (χ4n) is 3.60. The highest BCUT2D eigenvalue weighted by Crippen LogP contribution is 2.38. The number of aliphatic carboxylic acids is 1. The highest BCUT2D eigenvalue weighted by Gasteiger charge is 2.39. The molecule has 0 spiro atoms. The van der Waals surface area contributed by atoms with Crippen LogP contribution in [-0.4, -0.2) is 34.5 Å². The van der Waals surface area contributed by atoms with E-state index in [4.69, 9.17) is 5.11 Å². The van der Waals surface area contributed by atoms with Crippen molar-refractivity contribution in [2.45, 2.75) is 56.1 Å². The molecule has 4 nitrogen and oxygen atoms in total. The van der Waals surface area contributed by atoms with Crippen LogP contribution < -0.4 is 5.32 Å². The summed E-state index contributed by atoms with van der Waals surface area (Å²) in [4.78, 5) is 23.4. The zero-order chi connectivity index (χ0) is 14.6. The van der Waals surface area contributed by atoms with Crippen LogP contribution in [0.5, 0.6) is 0 Å². The van der Waals surface area contributed by atoms with E-state index in [1.807, 2.05) is 11.8 Å². The van der Waals surface area contributed by atoms with E-state index in [-0.39, 0.29) is 16.6 Å². The Morgan fingerprint density at radius 3 is 2.40 bits per heavy atom. The molecule has 114 valence electrons. The van der Waals surface area contributed by atoms with Gasteiger partial charge in [-0.15, -0.1) is 0 Å². The first-order chi connectivity index (χ1) is 9.58. The molecule has 0 aliphatic heterocycles. The fraction of sp³-hybridized carbons (Fsp3) is 0.867. The van der Waals surface area contributed by atoms with Crippen LogP contribution in [-0.2, 0) is 9.59 Å². The van der Waals surface area contributed by atoms with Crippen molar-refractivity contribution in [3.63, 3.8) is 0 Å². The number of thioether (sulfide) groups is 1. The molecule has 2 rings (SSSR count). The average molecular weight is 299 g/mol. The molecule has 20 heavy (non-hydrogen) atoms. The molecule has 2 saturated carbocycles. The first-order valence-electron chi connectivity index (χ1n) is 7.64. The van der Waals surface area contributed by atoms with Gasteiger partial charge >= 0.3 is 5.97 Å². The minimum atomic E-state index is -0.820. The number of carbonyl (C=O) groups excluding carboxylic acids is 1. The molecule has 0 unspecified atom stereocenters. The number of nitrogens with one attached hydrogen (secondary N) is 1. The van der Waals surface area contributed by atoms with Gasteiger partial charge in [0.25, 0.3) is 0 Å². The van der Waals surface area contributed by atoms with Gasteiger partial charge in [-0.25, -0.2) is 0 Å². The van der Waals surface area contributed by atoms with Gasteiger partial charge in [0.2, 0.25) is 5.91 Å². The first-order valence-corrected chi connectivity index (χ1v) is 8.86. The van der Waals surface area contributed by atoms with Crippen LogP contribution in [0.15, 0.2) is 0 Å². The van der Waals surface area contributed by atoms with Gasteiger partial charge in [0.1, 0.15) is 0 Å². The van der Waals surface area contributed by atoms with Crippen LogP contribution in [0.1, 0.15) is 51.4 Å². The van der Waals surface area contributed by atoms with Gasteiger partial charge in [-0.05, 0) is 31.9 Å². The minimum Gasteiger partial charge on any atom is -0.481 e. The van der Waals surface area contributed by atoms with E-state index in [1.165, 1.54) is 19.3 Å². The summed E-state index contributed by atoms with van der Waals surface area (Å²) in [6.07, 6.45) is 10.4. The molecule has 0 aromatic rings. The molecule has 0 heterocycles. The number of hydrogen-bond acceptors (Lipinski definition) is 3. The Hall–Kier alpha value is -0.710. The number of hydrogen-bond donors (Lipinski definition) is 2. The van der Waals surface area contributed by atoms with Crippen LogP contribution in [0.4, 0.5) is 0 Å². The van der Waals surface area contributed by atoms with Crippen molar-refractivity contribution in [3.05, 3.63) is 0 Å². The van der Waals surface area contributed by atoms with Crippen LogP contribution in [0, 0.1) is 11.8 Å². The van der Waals surface area contributed by atoms with Crippen molar-refractivity contribution in [2.75, 3.05) is 12.8 Å². The number of carbonyl (C=O) groups is 2. The van der Waals surface area contributed by atoms with Gasteiger partial charge in [-0.2, -0.15) is 11.8 Å². The van der Waals surface area contributed by atoms with E-state index in [1.54, 1.807) is 0 Å². The summed E-state index contributed by atoms with van der Waals surface area (Å²) in [6, 6.07) is 0. The molecule has 2 N–H and O–H groups in total. The molecule has 0 aromatic carbocycles. The summed E-state index contributed by atoms with van der Waals surface area (Å²) < 4.78 is 0.172. The van der Waals surface area contributed by atoms with Crippen molar-refractivity contribution in [1.29, 1.82) is 0 Å². The highest BCUT2D eigenvalue weighted by molar-refractivity contribution is 8.00. The zero-order valence-electron chi connectivity index (χ0n) is 12.2. The predicted octanol–water partition coefficient (Wildman–Crippen LogP) is 2.67. The summed E-state index contributed by atoms with van der Waals surface area (Å²) in [7, 11) is 0. The predicted molar refractivity (Wildman–Crippen MR) is 80.8 cm³/mol. The molecule has 2 fully saturated rings. The van der Waals surface area contributed by atoms with Gasteiger partial charge in [0, 0.05) is 11.3 Å². The molecule has 2 aliphatic rings. The smallest absolute Gasteiger partial charge is 0.307 e. The maximum absolute atomic E-state index is 12.3. The molecule has 0 bridgehead atoms. The summed E-state index contributed by atoms with van der Waals surface area (Å²) in [5, 5.41) is 12.2. The van der Waals surface area contributed by atoms with E-state index in [0.29, 0.717) is 13.0 Å².